The third-order valence-corrected chi connectivity index (χ3v) is 5.20. The molecule has 122 valence electrons. The molecule has 0 saturated carbocycles. The maximum Gasteiger partial charge on any atom is 0.265 e. The van der Waals surface area contributed by atoms with Gasteiger partial charge >= 0.3 is 0 Å². The Balaban J connectivity index is 2.01. The Morgan fingerprint density at radius 3 is 2.50 bits per heavy atom. The van der Waals surface area contributed by atoms with Crippen molar-refractivity contribution < 1.29 is 18.3 Å². The van der Waals surface area contributed by atoms with E-state index in [4.69, 9.17) is 0 Å². The zero-order chi connectivity index (χ0) is 17.3. The molecule has 2 N–H and O–H groups in total. The second kappa shape index (κ2) is 5.98. The molecule has 0 aliphatic rings. The molecule has 24 heavy (non-hydrogen) atoms. The third kappa shape index (κ3) is 2.96. The van der Waals surface area contributed by atoms with Crippen LogP contribution in [0.25, 0.3) is 10.8 Å². The Morgan fingerprint density at radius 1 is 1.00 bits per heavy atom. The lowest BCUT2D eigenvalue weighted by molar-refractivity contribution is 0.0983. The van der Waals surface area contributed by atoms with Crippen LogP contribution in [0.5, 0.6) is 5.75 Å². The average molecular weight is 341 g/mol. The topological polar surface area (TPSA) is 83.5 Å². The number of rotatable bonds is 3. The normalized spacial score (nSPS) is 11.4. The molecule has 0 radical (unpaired) electrons. The molecule has 0 spiro atoms. The summed E-state index contributed by atoms with van der Waals surface area (Å²) in [4.78, 5) is 12.4. The summed E-state index contributed by atoms with van der Waals surface area (Å²) in [5.74, 6) is -0.895. The first-order valence-electron chi connectivity index (χ1n) is 7.23. The van der Waals surface area contributed by atoms with Crippen LogP contribution in [0.2, 0.25) is 0 Å². The quantitative estimate of drug-likeness (QED) is 0.767. The van der Waals surface area contributed by atoms with Gasteiger partial charge in [0.2, 0.25) is 0 Å². The second-order valence-corrected chi connectivity index (χ2v) is 7.06. The largest absolute Gasteiger partial charge is 0.508 e. The maximum absolute atomic E-state index is 12.5. The smallest absolute Gasteiger partial charge is 0.265 e. The predicted octanol–water partition coefficient (Wildman–Crippen LogP) is 2.97. The number of carbonyl (C=O) groups is 1. The van der Waals surface area contributed by atoms with Crippen LogP contribution in [-0.4, -0.2) is 19.4 Å². The van der Waals surface area contributed by atoms with E-state index < -0.39 is 15.9 Å². The molecule has 0 heterocycles. The Labute approximate surface area is 139 Å². The minimum atomic E-state index is -4.09. The molecule has 1 amide bonds. The number of aromatic hydroxyl groups is 1. The van der Waals surface area contributed by atoms with Crippen LogP contribution >= 0.6 is 0 Å². The lowest BCUT2D eigenvalue weighted by Crippen LogP contribution is -2.31. The van der Waals surface area contributed by atoms with Crippen molar-refractivity contribution in [2.24, 2.45) is 0 Å². The number of phenols is 1. The van der Waals surface area contributed by atoms with Gasteiger partial charge in [-0.2, -0.15) is 0 Å². The average Bonchev–Trinajstić information content (AvgIpc) is 2.56. The van der Waals surface area contributed by atoms with E-state index in [0.717, 1.165) is 11.5 Å². The molecule has 0 bridgehead atoms. The van der Waals surface area contributed by atoms with Crippen LogP contribution in [0.1, 0.15) is 15.9 Å². The highest BCUT2D eigenvalue weighted by molar-refractivity contribution is 7.90. The van der Waals surface area contributed by atoms with Crippen LogP contribution in [0, 0.1) is 6.92 Å². The van der Waals surface area contributed by atoms with Gasteiger partial charge in [0.25, 0.3) is 15.9 Å². The molecular weight excluding hydrogens is 326 g/mol. The highest BCUT2D eigenvalue weighted by Gasteiger charge is 2.22. The zero-order valence-electron chi connectivity index (χ0n) is 12.9. The molecule has 0 aliphatic heterocycles. The molecular formula is C18H15NO4S. The number of nitrogens with one attached hydrogen (secondary N) is 1. The van der Waals surface area contributed by atoms with E-state index in [9.17, 15) is 18.3 Å². The fourth-order valence-electron chi connectivity index (χ4n) is 2.53. The van der Waals surface area contributed by atoms with Crippen molar-refractivity contribution in [1.82, 2.24) is 4.72 Å². The molecule has 0 saturated heterocycles. The van der Waals surface area contributed by atoms with Gasteiger partial charge in [-0.1, -0.05) is 42.5 Å². The summed E-state index contributed by atoms with van der Waals surface area (Å²) in [5.41, 5.74) is 0.709. The van der Waals surface area contributed by atoms with Crippen molar-refractivity contribution in [3.05, 3.63) is 71.8 Å². The SMILES string of the molecule is Cc1ccc(O)cc1S(=O)(=O)NC(=O)c1cccc2ccccc12. The van der Waals surface area contributed by atoms with E-state index in [1.807, 2.05) is 18.2 Å². The first-order chi connectivity index (χ1) is 11.4. The minimum Gasteiger partial charge on any atom is -0.508 e. The molecule has 5 nitrogen and oxygen atoms in total. The molecule has 0 aromatic heterocycles. The van der Waals surface area contributed by atoms with Gasteiger partial charge < -0.3 is 5.11 Å². The van der Waals surface area contributed by atoms with Gasteiger partial charge in [-0.15, -0.1) is 0 Å². The molecule has 0 fully saturated rings. The fraction of sp³-hybridized carbons (Fsp3) is 0.0556. The van der Waals surface area contributed by atoms with Gasteiger partial charge in [-0.25, -0.2) is 13.1 Å². The van der Waals surface area contributed by atoms with Gasteiger partial charge in [-0.3, -0.25) is 4.79 Å². The number of hydrogen-bond acceptors (Lipinski definition) is 4. The highest BCUT2D eigenvalue weighted by Crippen LogP contribution is 2.22. The summed E-state index contributed by atoms with van der Waals surface area (Å²) in [6.07, 6.45) is 0. The number of sulfonamides is 1. The van der Waals surface area contributed by atoms with E-state index in [1.165, 1.54) is 12.1 Å². The van der Waals surface area contributed by atoms with Crippen LogP contribution in [0.3, 0.4) is 0 Å². The van der Waals surface area contributed by atoms with Gasteiger partial charge in [0.1, 0.15) is 5.75 Å². The number of aryl methyl sites for hydroxylation is 1. The van der Waals surface area contributed by atoms with Crippen LogP contribution < -0.4 is 4.72 Å². The summed E-state index contributed by atoms with van der Waals surface area (Å²) < 4.78 is 27.0. The molecule has 3 aromatic rings. The predicted molar refractivity (Wildman–Crippen MR) is 91.4 cm³/mol. The number of amides is 1. The Morgan fingerprint density at radius 2 is 1.71 bits per heavy atom. The number of benzene rings is 3. The molecule has 3 rings (SSSR count). The van der Waals surface area contributed by atoms with Crippen molar-refractivity contribution >= 4 is 26.7 Å². The number of phenolic OH excluding ortho intramolecular Hbond substituents is 1. The molecule has 0 atom stereocenters. The summed E-state index contributed by atoms with van der Waals surface area (Å²) in [6.45, 7) is 1.59. The van der Waals surface area contributed by atoms with E-state index in [-0.39, 0.29) is 16.2 Å². The summed E-state index contributed by atoms with van der Waals surface area (Å²) in [7, 11) is -4.09. The van der Waals surface area contributed by atoms with E-state index in [2.05, 4.69) is 4.72 Å². The van der Waals surface area contributed by atoms with Crippen molar-refractivity contribution in [1.29, 1.82) is 0 Å². The first kappa shape index (κ1) is 16.0. The standard InChI is InChI=1S/C18H15NO4S/c1-12-9-10-14(20)11-17(12)24(22,23)19-18(21)16-8-4-6-13-5-2-3-7-15(13)16/h2-11,20H,1H3,(H,19,21). The van der Waals surface area contributed by atoms with Gasteiger partial charge in [0.15, 0.2) is 0 Å². The number of carbonyl (C=O) groups excluding carboxylic acids is 1. The maximum atomic E-state index is 12.5. The molecule has 0 aliphatic carbocycles. The molecule has 6 heteroatoms. The highest BCUT2D eigenvalue weighted by atomic mass is 32.2. The van der Waals surface area contributed by atoms with E-state index in [1.54, 1.807) is 31.2 Å². The zero-order valence-corrected chi connectivity index (χ0v) is 13.7. The van der Waals surface area contributed by atoms with Gasteiger partial charge in [-0.05, 0) is 35.4 Å². The van der Waals surface area contributed by atoms with Crippen LogP contribution in [-0.2, 0) is 10.0 Å². The lowest BCUT2D eigenvalue weighted by Gasteiger charge is -2.11. The summed E-state index contributed by atoms with van der Waals surface area (Å²) >= 11 is 0. The van der Waals surface area contributed by atoms with Crippen molar-refractivity contribution in [2.75, 3.05) is 0 Å². The van der Waals surface area contributed by atoms with Crippen molar-refractivity contribution in [2.45, 2.75) is 11.8 Å². The van der Waals surface area contributed by atoms with E-state index in [0.29, 0.717) is 10.9 Å². The van der Waals surface area contributed by atoms with Gasteiger partial charge in [0.05, 0.1) is 4.90 Å². The van der Waals surface area contributed by atoms with Gasteiger partial charge in [0, 0.05) is 11.6 Å². The number of hydrogen-bond donors (Lipinski definition) is 2. The summed E-state index contributed by atoms with van der Waals surface area (Å²) in [6, 6.07) is 16.3. The number of fused-ring (bicyclic) bond motifs is 1. The fourth-order valence-corrected chi connectivity index (χ4v) is 3.77. The third-order valence-electron chi connectivity index (χ3n) is 3.72. The molecule has 3 aromatic carbocycles. The Kier molecular flexibility index (Phi) is 3.99. The first-order valence-corrected chi connectivity index (χ1v) is 8.71. The second-order valence-electron chi connectivity index (χ2n) is 5.41. The van der Waals surface area contributed by atoms with Crippen molar-refractivity contribution in [3.8, 4) is 5.75 Å². The van der Waals surface area contributed by atoms with Crippen LogP contribution in [0.15, 0.2) is 65.6 Å². The lowest BCUT2D eigenvalue weighted by atomic mass is 10.0. The summed E-state index contributed by atoms with van der Waals surface area (Å²) in [5, 5.41) is 11.0. The van der Waals surface area contributed by atoms with Crippen LogP contribution in [0.4, 0.5) is 0 Å². The Hall–Kier alpha value is -2.86. The Bertz CT molecular complexity index is 1040. The molecule has 0 unspecified atom stereocenters. The van der Waals surface area contributed by atoms with Crippen molar-refractivity contribution in [3.63, 3.8) is 0 Å². The van der Waals surface area contributed by atoms with E-state index >= 15 is 0 Å². The minimum absolute atomic E-state index is 0.129. The monoisotopic (exact) mass is 341 g/mol.